The number of rotatable bonds is 8. The van der Waals surface area contributed by atoms with Gasteiger partial charge in [0.25, 0.3) is 0 Å². The number of hydrogen-bond acceptors (Lipinski definition) is 4. The summed E-state index contributed by atoms with van der Waals surface area (Å²) in [5, 5.41) is 13.0. The average molecular weight is 368 g/mol. The van der Waals surface area contributed by atoms with Crippen LogP contribution in [0.15, 0.2) is 24.3 Å². The lowest BCUT2D eigenvalue weighted by atomic mass is 9.95. The zero-order chi connectivity index (χ0) is 18.2. The number of carbonyl (C=O) groups excluding carboxylic acids is 2. The van der Waals surface area contributed by atoms with Crippen molar-refractivity contribution < 1.29 is 14.7 Å². The van der Waals surface area contributed by atoms with Crippen LogP contribution >= 0.6 is 11.6 Å². The number of nitrogens with two attached hydrogens (primary N) is 1. The molecular weight excluding hydrogens is 342 g/mol. The highest BCUT2D eigenvalue weighted by atomic mass is 35.5. The van der Waals surface area contributed by atoms with Crippen molar-refractivity contribution in [3.63, 3.8) is 0 Å². The fourth-order valence-corrected chi connectivity index (χ4v) is 3.23. The molecule has 1 aromatic carbocycles. The number of carbonyl (C=O) groups is 2. The van der Waals surface area contributed by atoms with Gasteiger partial charge in [0.2, 0.25) is 11.8 Å². The van der Waals surface area contributed by atoms with Crippen LogP contribution < -0.4 is 11.1 Å². The first-order valence-electron chi connectivity index (χ1n) is 8.67. The number of piperidine rings is 1. The van der Waals surface area contributed by atoms with Gasteiger partial charge in [-0.2, -0.15) is 0 Å². The average Bonchev–Trinajstić information content (AvgIpc) is 2.57. The standard InChI is InChI=1S/C18H26ClN3O3/c19-14-6-4-13(5-7-14)16(18(20)25)11-17(24)21-8-2-10-22-9-1-3-15(23)12-22/h4-7,15-16,23H,1-3,8-12H2,(H2,20,25)(H,21,24). The van der Waals surface area contributed by atoms with Crippen LogP contribution in [0.2, 0.25) is 5.02 Å². The number of likely N-dealkylation sites (tertiary alicyclic amines) is 1. The van der Waals surface area contributed by atoms with E-state index >= 15 is 0 Å². The van der Waals surface area contributed by atoms with Crippen molar-refractivity contribution >= 4 is 23.4 Å². The molecular formula is C18H26ClN3O3. The summed E-state index contributed by atoms with van der Waals surface area (Å²) < 4.78 is 0. The van der Waals surface area contributed by atoms with Crippen molar-refractivity contribution in [2.75, 3.05) is 26.2 Å². The molecule has 0 radical (unpaired) electrons. The number of aliphatic hydroxyl groups excluding tert-OH is 1. The van der Waals surface area contributed by atoms with E-state index in [1.807, 2.05) is 0 Å². The fraction of sp³-hybridized carbons (Fsp3) is 0.556. The molecule has 1 heterocycles. The second kappa shape index (κ2) is 9.75. The van der Waals surface area contributed by atoms with Gasteiger partial charge in [-0.25, -0.2) is 0 Å². The molecule has 0 spiro atoms. The molecule has 0 aromatic heterocycles. The minimum Gasteiger partial charge on any atom is -0.392 e. The van der Waals surface area contributed by atoms with Crippen molar-refractivity contribution in [3.05, 3.63) is 34.9 Å². The van der Waals surface area contributed by atoms with Crippen LogP contribution in [-0.2, 0) is 9.59 Å². The Hall–Kier alpha value is -1.63. The number of halogens is 1. The number of nitrogens with one attached hydrogen (secondary N) is 1. The molecule has 138 valence electrons. The Bertz CT molecular complexity index is 579. The minimum atomic E-state index is -0.658. The van der Waals surface area contributed by atoms with Crippen LogP contribution in [0, 0.1) is 0 Å². The zero-order valence-electron chi connectivity index (χ0n) is 14.3. The summed E-state index contributed by atoms with van der Waals surface area (Å²) in [5.74, 6) is -1.38. The van der Waals surface area contributed by atoms with Gasteiger partial charge < -0.3 is 21.1 Å². The van der Waals surface area contributed by atoms with E-state index in [9.17, 15) is 14.7 Å². The lowest BCUT2D eigenvalue weighted by Gasteiger charge is -2.29. The molecule has 7 heteroatoms. The Balaban J connectivity index is 1.74. The third-order valence-electron chi connectivity index (χ3n) is 4.46. The van der Waals surface area contributed by atoms with Gasteiger partial charge in [-0.15, -0.1) is 0 Å². The van der Waals surface area contributed by atoms with Gasteiger partial charge in [0.15, 0.2) is 0 Å². The Kier molecular flexibility index (Phi) is 7.68. The normalized spacial score (nSPS) is 19.4. The largest absolute Gasteiger partial charge is 0.392 e. The maximum absolute atomic E-state index is 12.1. The summed E-state index contributed by atoms with van der Waals surface area (Å²) in [6.45, 7) is 3.07. The van der Waals surface area contributed by atoms with Crippen LogP contribution in [0.3, 0.4) is 0 Å². The molecule has 4 N–H and O–H groups in total. The third-order valence-corrected chi connectivity index (χ3v) is 4.71. The van der Waals surface area contributed by atoms with Gasteiger partial charge in [0.05, 0.1) is 12.0 Å². The van der Waals surface area contributed by atoms with E-state index in [2.05, 4.69) is 10.2 Å². The Morgan fingerprint density at radius 1 is 1.36 bits per heavy atom. The fourth-order valence-electron chi connectivity index (χ4n) is 3.10. The highest BCUT2D eigenvalue weighted by Gasteiger charge is 2.21. The number of primary amides is 1. The van der Waals surface area contributed by atoms with Crippen LogP contribution in [0.1, 0.15) is 37.2 Å². The van der Waals surface area contributed by atoms with Crippen LogP contribution in [0.4, 0.5) is 0 Å². The van der Waals surface area contributed by atoms with E-state index in [0.29, 0.717) is 23.7 Å². The molecule has 1 fully saturated rings. The highest BCUT2D eigenvalue weighted by Crippen LogP contribution is 2.21. The van der Waals surface area contributed by atoms with Crippen LogP contribution in [-0.4, -0.2) is 54.1 Å². The summed E-state index contributed by atoms with van der Waals surface area (Å²) in [5.41, 5.74) is 6.13. The van der Waals surface area contributed by atoms with E-state index in [0.717, 1.165) is 32.4 Å². The van der Waals surface area contributed by atoms with Gasteiger partial charge >= 0.3 is 0 Å². The molecule has 2 unspecified atom stereocenters. The maximum atomic E-state index is 12.1. The first-order valence-corrected chi connectivity index (χ1v) is 9.05. The number of nitrogens with zero attached hydrogens (tertiary/aromatic N) is 1. The molecule has 6 nitrogen and oxygen atoms in total. The molecule has 1 saturated heterocycles. The van der Waals surface area contributed by atoms with Gasteiger partial charge in [0, 0.05) is 24.5 Å². The predicted molar refractivity (Wildman–Crippen MR) is 97.3 cm³/mol. The monoisotopic (exact) mass is 367 g/mol. The van der Waals surface area contributed by atoms with Crippen molar-refractivity contribution in [2.45, 2.75) is 37.7 Å². The van der Waals surface area contributed by atoms with E-state index in [1.165, 1.54) is 0 Å². The lowest BCUT2D eigenvalue weighted by Crippen LogP contribution is -2.39. The predicted octanol–water partition coefficient (Wildman–Crippen LogP) is 1.26. The first-order chi connectivity index (χ1) is 12.0. The van der Waals surface area contributed by atoms with Crippen molar-refractivity contribution in [1.82, 2.24) is 10.2 Å². The highest BCUT2D eigenvalue weighted by molar-refractivity contribution is 6.30. The zero-order valence-corrected chi connectivity index (χ0v) is 15.0. The quantitative estimate of drug-likeness (QED) is 0.603. The Labute approximate surface area is 153 Å². The molecule has 1 aliphatic rings. The molecule has 0 bridgehead atoms. The smallest absolute Gasteiger partial charge is 0.225 e. The Morgan fingerprint density at radius 3 is 2.72 bits per heavy atom. The van der Waals surface area contributed by atoms with Crippen LogP contribution in [0.5, 0.6) is 0 Å². The number of hydrogen-bond donors (Lipinski definition) is 3. The molecule has 2 amide bonds. The summed E-state index contributed by atoms with van der Waals surface area (Å²) in [4.78, 5) is 26.0. The Morgan fingerprint density at radius 2 is 2.08 bits per heavy atom. The number of benzene rings is 1. The van der Waals surface area contributed by atoms with Gasteiger partial charge in [-0.3, -0.25) is 9.59 Å². The molecule has 0 aliphatic carbocycles. The summed E-state index contributed by atoms with van der Waals surface area (Å²) >= 11 is 5.84. The molecule has 1 aromatic rings. The topological polar surface area (TPSA) is 95.7 Å². The van der Waals surface area contributed by atoms with E-state index in [4.69, 9.17) is 17.3 Å². The number of β-amino-alcohol motifs (C(OH)–C–C–N with tert-alkyl or cyclic N) is 1. The van der Waals surface area contributed by atoms with Gasteiger partial charge in [0.1, 0.15) is 0 Å². The maximum Gasteiger partial charge on any atom is 0.225 e. The summed E-state index contributed by atoms with van der Waals surface area (Å²) in [7, 11) is 0. The third kappa shape index (κ3) is 6.65. The summed E-state index contributed by atoms with van der Waals surface area (Å²) in [6, 6.07) is 6.79. The molecule has 0 saturated carbocycles. The number of amides is 2. The molecule has 2 rings (SSSR count). The van der Waals surface area contributed by atoms with Gasteiger partial charge in [-0.1, -0.05) is 23.7 Å². The van der Waals surface area contributed by atoms with Gasteiger partial charge in [-0.05, 0) is 50.0 Å². The second-order valence-corrected chi connectivity index (χ2v) is 6.95. The molecule has 2 atom stereocenters. The van der Waals surface area contributed by atoms with E-state index < -0.39 is 11.8 Å². The molecule has 25 heavy (non-hydrogen) atoms. The van der Waals surface area contributed by atoms with Crippen molar-refractivity contribution in [1.29, 1.82) is 0 Å². The summed E-state index contributed by atoms with van der Waals surface area (Å²) in [6.07, 6.45) is 2.47. The number of aliphatic hydroxyl groups is 1. The molecule has 1 aliphatic heterocycles. The lowest BCUT2D eigenvalue weighted by molar-refractivity contribution is -0.126. The second-order valence-electron chi connectivity index (χ2n) is 6.51. The first kappa shape index (κ1) is 19.7. The van der Waals surface area contributed by atoms with Crippen LogP contribution in [0.25, 0.3) is 0 Å². The minimum absolute atomic E-state index is 0.0272. The van der Waals surface area contributed by atoms with E-state index in [-0.39, 0.29) is 18.4 Å². The SMILES string of the molecule is NC(=O)C(CC(=O)NCCCN1CCCC(O)C1)c1ccc(Cl)cc1. The van der Waals surface area contributed by atoms with E-state index in [1.54, 1.807) is 24.3 Å². The van der Waals surface area contributed by atoms with Crippen molar-refractivity contribution in [2.24, 2.45) is 5.73 Å². The van der Waals surface area contributed by atoms with Crippen molar-refractivity contribution in [3.8, 4) is 0 Å².